The van der Waals surface area contributed by atoms with Crippen molar-refractivity contribution in [3.8, 4) is 0 Å². The van der Waals surface area contributed by atoms with Crippen molar-refractivity contribution in [1.82, 2.24) is 15.0 Å². The van der Waals surface area contributed by atoms with E-state index in [0.29, 0.717) is 16.7 Å². The molecule has 4 amide bonds. The Hall–Kier alpha value is -2.94. The van der Waals surface area contributed by atoms with Crippen molar-refractivity contribution in [3.63, 3.8) is 0 Å². The molecule has 0 aliphatic carbocycles. The Kier molecular flexibility index (Phi) is 6.92. The summed E-state index contributed by atoms with van der Waals surface area (Å²) in [7, 11) is 9.98. The number of imide groups is 1. The zero-order valence-corrected chi connectivity index (χ0v) is 22.8. The van der Waals surface area contributed by atoms with E-state index in [1.165, 1.54) is 25.0 Å². The monoisotopic (exact) mass is 533 g/mol. The number of halogens is 3. The van der Waals surface area contributed by atoms with Gasteiger partial charge in [-0.3, -0.25) is 24.5 Å². The third kappa shape index (κ3) is 4.28. The number of fused-ring (bicyclic) bond motifs is 1. The molecule has 0 saturated carbocycles. The van der Waals surface area contributed by atoms with Crippen molar-refractivity contribution in [2.24, 2.45) is 0 Å². The molecule has 2 aliphatic heterocycles. The molecule has 0 aromatic heterocycles. The Balaban J connectivity index is 1.59. The van der Waals surface area contributed by atoms with Gasteiger partial charge in [-0.25, -0.2) is 0 Å². The first kappa shape index (κ1) is 28.1. The number of amides is 4. The smallest absolute Gasteiger partial charge is 0.348 e. The third-order valence-electron chi connectivity index (χ3n) is 8.48. The van der Waals surface area contributed by atoms with Crippen molar-refractivity contribution in [2.75, 3.05) is 0 Å². The number of hydrogen-bond acceptors (Lipinski definition) is 4. The number of nitrogens with zero attached hydrogens (tertiary/aromatic N) is 2. The summed E-state index contributed by atoms with van der Waals surface area (Å²) in [6, 6.07) is 8.85. The van der Waals surface area contributed by atoms with Crippen LogP contribution in [0.1, 0.15) is 33.0 Å². The fraction of sp³-hybridized carbons (Fsp3) is 0.273. The van der Waals surface area contributed by atoms with E-state index >= 15 is 0 Å². The normalized spacial score (nSPS) is 21.0. The first-order valence-electron chi connectivity index (χ1n) is 12.2. The van der Waals surface area contributed by atoms with Gasteiger partial charge in [0.05, 0.1) is 0 Å². The van der Waals surface area contributed by atoms with Gasteiger partial charge in [-0.2, -0.15) is 8.78 Å². The summed E-state index contributed by atoms with van der Waals surface area (Å²) < 4.78 is 30.0. The SMILES string of the molecule is BC(c1ccc2c(c1)CN(C1C(=O)NC(=O)C(B)(B)C1(B)B)C2=O)N(B)C(=O)C(F)(F)c1ccc(Cl)cc1. The van der Waals surface area contributed by atoms with Gasteiger partial charge in [-0.05, 0) is 34.5 Å². The molecule has 1 saturated heterocycles. The molecule has 2 heterocycles. The molecule has 1 N–H and O–H groups in total. The summed E-state index contributed by atoms with van der Waals surface area (Å²) >= 11 is 5.79. The summed E-state index contributed by atoms with van der Waals surface area (Å²) in [5.41, 5.74) is 1.10. The number of rotatable bonds is 5. The van der Waals surface area contributed by atoms with E-state index in [1.54, 1.807) is 57.4 Å². The van der Waals surface area contributed by atoms with Gasteiger partial charge in [0, 0.05) is 28.6 Å². The lowest BCUT2D eigenvalue weighted by Crippen LogP contribution is -2.66. The van der Waals surface area contributed by atoms with Gasteiger partial charge in [0.15, 0.2) is 0 Å². The maximum absolute atomic E-state index is 15.0. The molecule has 1 fully saturated rings. The second-order valence-electron chi connectivity index (χ2n) is 11.1. The lowest BCUT2D eigenvalue weighted by atomic mass is 9.26. The minimum absolute atomic E-state index is 0.110. The molecule has 2 atom stereocenters. The summed E-state index contributed by atoms with van der Waals surface area (Å²) in [5, 5.41) is 0.896. The van der Waals surface area contributed by atoms with Crippen LogP contribution in [0, 0.1) is 0 Å². The molecule has 4 rings (SSSR count). The second-order valence-corrected chi connectivity index (χ2v) is 11.5. The van der Waals surface area contributed by atoms with Gasteiger partial charge in [0.25, 0.3) is 11.8 Å². The molecule has 2 aromatic carbocycles. The van der Waals surface area contributed by atoms with Gasteiger partial charge in [0.2, 0.25) is 19.8 Å². The number of carbonyl (C=O) groups is 4. The summed E-state index contributed by atoms with van der Waals surface area (Å²) in [5.74, 6) is -7.16. The van der Waals surface area contributed by atoms with E-state index in [2.05, 4.69) is 5.32 Å². The molecular weight excluding hydrogens is 509 g/mol. The van der Waals surface area contributed by atoms with Gasteiger partial charge in [-0.15, -0.1) is 0 Å². The first-order valence-corrected chi connectivity index (χ1v) is 12.6. The van der Waals surface area contributed by atoms with Crippen molar-refractivity contribution in [1.29, 1.82) is 0 Å². The summed E-state index contributed by atoms with van der Waals surface area (Å²) in [6.07, 6.45) is 0. The first-order chi connectivity index (χ1) is 17.5. The molecule has 7 nitrogen and oxygen atoms in total. The van der Waals surface area contributed by atoms with Crippen LogP contribution in [0.5, 0.6) is 0 Å². The highest BCUT2D eigenvalue weighted by Gasteiger charge is 2.57. The lowest BCUT2D eigenvalue weighted by Gasteiger charge is -2.52. The highest BCUT2D eigenvalue weighted by Crippen LogP contribution is 2.50. The number of carbonyl (C=O) groups excluding carboxylic acids is 4. The molecule has 2 aromatic rings. The predicted octanol–water partition coefficient (Wildman–Crippen LogP) is -3.11. The van der Waals surface area contributed by atoms with Crippen LogP contribution in [0.25, 0.3) is 0 Å². The van der Waals surface area contributed by atoms with E-state index in [9.17, 15) is 28.0 Å². The van der Waals surface area contributed by atoms with Crippen LogP contribution < -0.4 is 5.32 Å². The molecule has 0 radical (unpaired) electrons. The van der Waals surface area contributed by atoms with Crippen LogP contribution in [-0.4, -0.2) is 86.6 Å². The second kappa shape index (κ2) is 9.36. The number of benzene rings is 2. The Bertz CT molecular complexity index is 1360. The Morgan fingerprint density at radius 1 is 1.11 bits per heavy atom. The lowest BCUT2D eigenvalue weighted by molar-refractivity contribution is -0.154. The molecule has 0 bridgehead atoms. The predicted molar refractivity (Wildman–Crippen MR) is 155 cm³/mol. The largest absolute Gasteiger partial charge is 0.389 e. The maximum Gasteiger partial charge on any atom is 0.348 e. The van der Waals surface area contributed by atoms with Crippen LogP contribution in [0.15, 0.2) is 42.5 Å². The van der Waals surface area contributed by atoms with Gasteiger partial charge in [0.1, 0.15) is 45.3 Å². The van der Waals surface area contributed by atoms with E-state index in [0.717, 1.165) is 16.9 Å². The van der Waals surface area contributed by atoms with Gasteiger partial charge < -0.3 is 9.71 Å². The quantitative estimate of drug-likeness (QED) is 0.326. The van der Waals surface area contributed by atoms with Crippen LogP contribution >= 0.6 is 11.6 Å². The molecule has 0 spiro atoms. The number of piperidine rings is 1. The highest BCUT2D eigenvalue weighted by molar-refractivity contribution is 6.63. The van der Waals surface area contributed by atoms with Crippen molar-refractivity contribution in [3.05, 3.63) is 69.7 Å². The fourth-order valence-electron chi connectivity index (χ4n) is 5.06. The van der Waals surface area contributed by atoms with Crippen molar-refractivity contribution in [2.45, 2.75) is 34.9 Å². The number of nitrogens with one attached hydrogen (secondary N) is 1. The van der Waals surface area contributed by atoms with Crippen LogP contribution in [-0.2, 0) is 26.9 Å². The zero-order valence-electron chi connectivity index (χ0n) is 22.1. The van der Waals surface area contributed by atoms with Gasteiger partial charge in [-0.1, -0.05) is 41.1 Å². The number of hydrogen-bond donors (Lipinski definition) is 1. The van der Waals surface area contributed by atoms with Crippen molar-refractivity contribution < 1.29 is 28.0 Å². The molecule has 16 heteroatoms. The topological polar surface area (TPSA) is 86.8 Å². The number of alkyl halides is 2. The summed E-state index contributed by atoms with van der Waals surface area (Å²) in [6.45, 7) is 0.110. The maximum atomic E-state index is 15.0. The van der Waals surface area contributed by atoms with Crippen LogP contribution in [0.4, 0.5) is 8.78 Å². The Morgan fingerprint density at radius 3 is 2.32 bits per heavy atom. The van der Waals surface area contributed by atoms with E-state index in [1.807, 2.05) is 0 Å². The average Bonchev–Trinajstić information content (AvgIpc) is 3.16. The van der Waals surface area contributed by atoms with Gasteiger partial charge >= 0.3 is 5.92 Å². The summed E-state index contributed by atoms with van der Waals surface area (Å²) in [4.78, 5) is 54.0. The van der Waals surface area contributed by atoms with E-state index < -0.39 is 51.6 Å². The standard InChI is InChI=1S/C22H24B6ClF2N3O4/c23-15(34(28)19(38)20(30,31)11-2-4-12(29)5-3-11)9-1-6-13-10(7-9)8-33(17(13)36)14-16(35)32-18(37)22(26,27)21(14,24)25/h1-7,14-15H,8,23-28H2,(H,32,35,37). The molecular formula is C22H24B6ClF2N3O4. The minimum atomic E-state index is -3.76. The highest BCUT2D eigenvalue weighted by atomic mass is 35.5. The average molecular weight is 533 g/mol. The molecule has 2 aliphatic rings. The Morgan fingerprint density at radius 2 is 1.71 bits per heavy atom. The fourth-order valence-corrected chi connectivity index (χ4v) is 5.19. The molecule has 2 unspecified atom stereocenters. The van der Waals surface area contributed by atoms with Crippen LogP contribution in [0.2, 0.25) is 15.5 Å². The van der Waals surface area contributed by atoms with E-state index in [4.69, 9.17) is 11.6 Å². The molecule has 38 heavy (non-hydrogen) atoms. The molecule has 190 valence electrons. The zero-order chi connectivity index (χ0) is 28.4. The third-order valence-corrected chi connectivity index (χ3v) is 8.73. The Labute approximate surface area is 229 Å². The van der Waals surface area contributed by atoms with E-state index in [-0.39, 0.29) is 17.5 Å². The minimum Gasteiger partial charge on any atom is -0.389 e. The van der Waals surface area contributed by atoms with Crippen LogP contribution in [0.3, 0.4) is 0 Å². The van der Waals surface area contributed by atoms with Crippen molar-refractivity contribution >= 4 is 82.4 Å².